The van der Waals surface area contributed by atoms with Crippen molar-refractivity contribution in [3.05, 3.63) is 0 Å². The lowest BCUT2D eigenvalue weighted by atomic mass is 10.1. The highest BCUT2D eigenvalue weighted by molar-refractivity contribution is 7.90. The lowest BCUT2D eigenvalue weighted by molar-refractivity contribution is -0.140. The van der Waals surface area contributed by atoms with Gasteiger partial charge in [-0.1, -0.05) is 0 Å². The third-order valence-electron chi connectivity index (χ3n) is 1.89. The monoisotopic (exact) mass is 271 g/mol. The summed E-state index contributed by atoms with van der Waals surface area (Å²) in [5.74, 6) is -1.90. The predicted octanol–water partition coefficient (Wildman–Crippen LogP) is -2.82. The zero-order valence-corrected chi connectivity index (χ0v) is 10.2. The zero-order valence-electron chi connectivity index (χ0n) is 9.42. The standard InChI is InChI=1S/C8H17NO7S/c1-2-16-7(13)3-17(14,15)9-8(4-10,5-11)6-12/h9-12H,2-6H2,1H3. The molecule has 0 amide bonds. The molecule has 0 fully saturated rings. The number of hydrogen-bond donors (Lipinski definition) is 4. The van der Waals surface area contributed by atoms with Crippen molar-refractivity contribution in [3.63, 3.8) is 0 Å². The molecule has 0 rings (SSSR count). The summed E-state index contributed by atoms with van der Waals surface area (Å²) in [6.45, 7) is -0.844. The van der Waals surface area contributed by atoms with Crippen molar-refractivity contribution < 1.29 is 33.3 Å². The van der Waals surface area contributed by atoms with E-state index in [4.69, 9.17) is 15.3 Å². The molecule has 0 saturated carbocycles. The number of aliphatic hydroxyl groups is 3. The first-order valence-electron chi connectivity index (χ1n) is 4.84. The smallest absolute Gasteiger partial charge is 0.322 e. The van der Waals surface area contributed by atoms with Crippen LogP contribution in [-0.4, -0.2) is 67.4 Å². The molecule has 0 aromatic rings. The molecule has 0 aromatic carbocycles. The number of ether oxygens (including phenoxy) is 1. The first kappa shape index (κ1) is 16.3. The molecule has 0 bridgehead atoms. The zero-order chi connectivity index (χ0) is 13.5. The first-order valence-corrected chi connectivity index (χ1v) is 6.50. The maximum atomic E-state index is 11.5. The van der Waals surface area contributed by atoms with Gasteiger partial charge >= 0.3 is 5.97 Å². The molecule has 0 aromatic heterocycles. The minimum absolute atomic E-state index is 0.0412. The molecule has 0 aliphatic heterocycles. The third kappa shape index (κ3) is 5.41. The topological polar surface area (TPSA) is 133 Å². The van der Waals surface area contributed by atoms with Gasteiger partial charge in [-0.15, -0.1) is 0 Å². The van der Waals surface area contributed by atoms with Crippen LogP contribution in [0, 0.1) is 0 Å². The number of aliphatic hydroxyl groups excluding tert-OH is 3. The van der Waals surface area contributed by atoms with Gasteiger partial charge in [0.15, 0.2) is 5.75 Å². The van der Waals surface area contributed by atoms with Crippen LogP contribution in [-0.2, 0) is 19.6 Å². The van der Waals surface area contributed by atoms with Gasteiger partial charge in [0.25, 0.3) is 0 Å². The Morgan fingerprint density at radius 2 is 1.71 bits per heavy atom. The Bertz CT molecular complexity index is 328. The summed E-state index contributed by atoms with van der Waals surface area (Å²) >= 11 is 0. The summed E-state index contributed by atoms with van der Waals surface area (Å²) in [6, 6.07) is 0. The van der Waals surface area contributed by atoms with Gasteiger partial charge < -0.3 is 20.1 Å². The molecule has 17 heavy (non-hydrogen) atoms. The number of carbonyl (C=O) groups excluding carboxylic acids is 1. The molecule has 0 aliphatic rings. The van der Waals surface area contributed by atoms with Crippen LogP contribution in [0.1, 0.15) is 6.92 Å². The van der Waals surface area contributed by atoms with Crippen LogP contribution in [0.15, 0.2) is 0 Å². The largest absolute Gasteiger partial charge is 0.465 e. The van der Waals surface area contributed by atoms with Crippen LogP contribution in [0.4, 0.5) is 0 Å². The highest BCUT2D eigenvalue weighted by Gasteiger charge is 2.34. The Morgan fingerprint density at radius 1 is 1.24 bits per heavy atom. The number of esters is 1. The van der Waals surface area contributed by atoms with E-state index in [9.17, 15) is 13.2 Å². The summed E-state index contributed by atoms with van der Waals surface area (Å²) in [4.78, 5) is 11.0. The molecule has 0 heterocycles. The normalized spacial score (nSPS) is 12.5. The second-order valence-electron chi connectivity index (χ2n) is 3.42. The van der Waals surface area contributed by atoms with Crippen LogP contribution < -0.4 is 4.72 Å². The summed E-state index contributed by atoms with van der Waals surface area (Å²) in [5.41, 5.74) is -1.79. The maximum absolute atomic E-state index is 11.5. The van der Waals surface area contributed by atoms with Crippen molar-refractivity contribution in [2.24, 2.45) is 0 Å². The molecule has 0 unspecified atom stereocenters. The number of sulfonamides is 1. The van der Waals surface area contributed by atoms with Crippen LogP contribution >= 0.6 is 0 Å². The Morgan fingerprint density at radius 3 is 2.06 bits per heavy atom. The van der Waals surface area contributed by atoms with Gasteiger partial charge in [-0.05, 0) is 6.92 Å². The molecule has 0 spiro atoms. The fraction of sp³-hybridized carbons (Fsp3) is 0.875. The van der Waals surface area contributed by atoms with Gasteiger partial charge in [-0.25, -0.2) is 13.1 Å². The van der Waals surface area contributed by atoms with Crippen molar-refractivity contribution >= 4 is 16.0 Å². The van der Waals surface area contributed by atoms with Crippen molar-refractivity contribution in [3.8, 4) is 0 Å². The van der Waals surface area contributed by atoms with E-state index in [0.29, 0.717) is 0 Å². The highest BCUT2D eigenvalue weighted by atomic mass is 32.2. The number of nitrogens with one attached hydrogen (secondary N) is 1. The van der Waals surface area contributed by atoms with Crippen LogP contribution in [0.2, 0.25) is 0 Å². The summed E-state index contributed by atoms with van der Waals surface area (Å²) in [5, 5.41) is 26.7. The van der Waals surface area contributed by atoms with Crippen molar-refractivity contribution in [1.29, 1.82) is 0 Å². The minimum Gasteiger partial charge on any atom is -0.465 e. The van der Waals surface area contributed by atoms with Crippen molar-refractivity contribution in [2.75, 3.05) is 32.2 Å². The quantitative estimate of drug-likeness (QED) is 0.350. The Kier molecular flexibility index (Phi) is 6.57. The lowest BCUT2D eigenvalue weighted by Crippen LogP contribution is -2.57. The Hall–Kier alpha value is -0.740. The van der Waals surface area contributed by atoms with Gasteiger partial charge in [-0.3, -0.25) is 4.79 Å². The van der Waals surface area contributed by atoms with E-state index in [0.717, 1.165) is 0 Å². The van der Waals surface area contributed by atoms with Crippen LogP contribution in [0.3, 0.4) is 0 Å². The van der Waals surface area contributed by atoms with Crippen molar-refractivity contribution in [2.45, 2.75) is 12.5 Å². The van der Waals surface area contributed by atoms with E-state index in [1.807, 2.05) is 4.72 Å². The second kappa shape index (κ2) is 6.87. The molecule has 4 N–H and O–H groups in total. The van der Waals surface area contributed by atoms with E-state index in [2.05, 4.69) is 4.74 Å². The molecule has 0 aliphatic carbocycles. The summed E-state index contributed by atoms with van der Waals surface area (Å²) in [7, 11) is -4.10. The van der Waals surface area contributed by atoms with Gasteiger partial charge in [0.05, 0.1) is 26.4 Å². The van der Waals surface area contributed by atoms with E-state index in [-0.39, 0.29) is 6.61 Å². The lowest BCUT2D eigenvalue weighted by Gasteiger charge is -2.27. The van der Waals surface area contributed by atoms with E-state index >= 15 is 0 Å². The minimum atomic E-state index is -4.10. The summed E-state index contributed by atoms with van der Waals surface area (Å²) < 4.78 is 29.2. The van der Waals surface area contributed by atoms with Gasteiger partial charge in [-0.2, -0.15) is 0 Å². The predicted molar refractivity (Wildman–Crippen MR) is 57.5 cm³/mol. The first-order chi connectivity index (χ1) is 7.84. The highest BCUT2D eigenvalue weighted by Crippen LogP contribution is 2.04. The molecule has 0 atom stereocenters. The molecular weight excluding hydrogens is 254 g/mol. The van der Waals surface area contributed by atoms with Crippen molar-refractivity contribution in [1.82, 2.24) is 4.72 Å². The molecule has 0 saturated heterocycles. The van der Waals surface area contributed by atoms with E-state index in [1.165, 1.54) is 6.92 Å². The number of hydrogen-bond acceptors (Lipinski definition) is 7. The fourth-order valence-electron chi connectivity index (χ4n) is 0.971. The third-order valence-corrected chi connectivity index (χ3v) is 3.25. The molecule has 8 nitrogen and oxygen atoms in total. The SMILES string of the molecule is CCOC(=O)CS(=O)(=O)NC(CO)(CO)CO. The summed E-state index contributed by atoms with van der Waals surface area (Å²) in [6.07, 6.45) is 0. The van der Waals surface area contributed by atoms with E-state index in [1.54, 1.807) is 0 Å². The average molecular weight is 271 g/mol. The molecule has 0 radical (unpaired) electrons. The molecule has 9 heteroatoms. The Balaban J connectivity index is 4.68. The number of rotatable bonds is 8. The van der Waals surface area contributed by atoms with Gasteiger partial charge in [0.1, 0.15) is 5.54 Å². The van der Waals surface area contributed by atoms with Crippen LogP contribution in [0.5, 0.6) is 0 Å². The van der Waals surface area contributed by atoms with E-state index < -0.39 is 47.1 Å². The average Bonchev–Trinajstić information content (AvgIpc) is 2.25. The molecular formula is C8H17NO7S. The van der Waals surface area contributed by atoms with Gasteiger partial charge in [0, 0.05) is 0 Å². The Labute approximate surface area is 99.3 Å². The maximum Gasteiger partial charge on any atom is 0.322 e. The van der Waals surface area contributed by atoms with Crippen LogP contribution in [0.25, 0.3) is 0 Å². The number of carbonyl (C=O) groups is 1. The molecule has 102 valence electrons. The second-order valence-corrected chi connectivity index (χ2v) is 5.14. The fourth-order valence-corrected chi connectivity index (χ4v) is 2.29. The van der Waals surface area contributed by atoms with Gasteiger partial charge in [0.2, 0.25) is 10.0 Å².